The van der Waals surface area contributed by atoms with Gasteiger partial charge in [0.25, 0.3) is 0 Å². The molecule has 2 aromatic carbocycles. The molecule has 0 heterocycles. The summed E-state index contributed by atoms with van der Waals surface area (Å²) in [5.41, 5.74) is 7.26. The van der Waals surface area contributed by atoms with Crippen LogP contribution in [0, 0.1) is 70.6 Å². The summed E-state index contributed by atoms with van der Waals surface area (Å²) in [6.45, 7) is 19.7. The van der Waals surface area contributed by atoms with Crippen LogP contribution < -0.4 is 0 Å². The van der Waals surface area contributed by atoms with Crippen LogP contribution in [0.3, 0.4) is 0 Å². The molecule has 0 aromatic heterocycles. The maximum atomic E-state index is 2.74. The van der Waals surface area contributed by atoms with Gasteiger partial charge in [-0.2, -0.15) is 0 Å². The molecule has 4 aliphatic carbocycles. The van der Waals surface area contributed by atoms with Crippen molar-refractivity contribution in [2.75, 3.05) is 0 Å². The van der Waals surface area contributed by atoms with Crippen LogP contribution in [0.25, 0.3) is 0 Å². The Morgan fingerprint density at radius 2 is 0.826 bits per heavy atom. The number of fused-ring (bicyclic) bond motifs is 2. The number of benzene rings is 2. The molecule has 256 valence electrons. The van der Waals surface area contributed by atoms with Crippen molar-refractivity contribution in [3.63, 3.8) is 0 Å². The van der Waals surface area contributed by atoms with Crippen molar-refractivity contribution in [1.82, 2.24) is 0 Å². The molecule has 0 radical (unpaired) electrons. The van der Waals surface area contributed by atoms with Gasteiger partial charge in [-0.05, 0) is 137 Å². The van der Waals surface area contributed by atoms with Gasteiger partial charge in [-0.15, -0.1) is 0 Å². The van der Waals surface area contributed by atoms with Crippen LogP contribution >= 0.6 is 0 Å². The molecule has 6 rings (SSSR count). The van der Waals surface area contributed by atoms with E-state index in [2.05, 4.69) is 104 Å². The van der Waals surface area contributed by atoms with E-state index in [-0.39, 0.29) is 66.4 Å². The molecule has 0 spiro atoms. The van der Waals surface area contributed by atoms with Crippen LogP contribution in [0.5, 0.6) is 0 Å². The zero-order valence-electron chi connectivity index (χ0n) is 32.3. The maximum Gasteiger partial charge on any atom is 4.00 e. The molecule has 0 bridgehead atoms. The minimum Gasteiger partial charge on any atom is -0.358 e. The zero-order chi connectivity index (χ0) is 29.2. The van der Waals surface area contributed by atoms with E-state index < -0.39 is 0 Å². The average Bonchev–Trinajstić information content (AvgIpc) is 3.58. The Kier molecular flexibility index (Phi) is 15.4. The van der Waals surface area contributed by atoms with E-state index in [1.165, 1.54) is 75.3 Å². The van der Waals surface area contributed by atoms with Crippen molar-refractivity contribution in [3.8, 4) is 0 Å². The smallest absolute Gasteiger partial charge is 0.358 e. The Morgan fingerprint density at radius 1 is 0.457 bits per heavy atom. The summed E-state index contributed by atoms with van der Waals surface area (Å²) in [5.74, 6) is 7.06. The Morgan fingerprint density at radius 3 is 1.17 bits per heavy atom. The van der Waals surface area contributed by atoms with Crippen molar-refractivity contribution >= 4 is 0 Å². The second-order valence-corrected chi connectivity index (χ2v) is 17.7. The first-order valence-electron chi connectivity index (χ1n) is 17.6. The van der Waals surface area contributed by atoms with Gasteiger partial charge in [0.05, 0.1) is 0 Å². The molecule has 0 N–H and O–H groups in total. The number of hydrogen-bond donors (Lipinski definition) is 0. The van der Waals surface area contributed by atoms with Gasteiger partial charge in [-0.25, -0.2) is 0 Å². The van der Waals surface area contributed by atoms with E-state index in [0.717, 1.165) is 47.3 Å². The second-order valence-electron chi connectivity index (χ2n) is 17.7. The van der Waals surface area contributed by atoms with E-state index >= 15 is 0 Å². The van der Waals surface area contributed by atoms with E-state index in [1.54, 1.807) is 11.1 Å². The van der Waals surface area contributed by atoms with Crippen molar-refractivity contribution in [1.29, 1.82) is 0 Å². The summed E-state index contributed by atoms with van der Waals surface area (Å²) in [5, 5.41) is 0. The molecule has 4 saturated carbocycles. The first-order valence-corrected chi connectivity index (χ1v) is 17.6. The molecule has 8 atom stereocenters. The second kappa shape index (κ2) is 16.3. The molecule has 0 saturated heterocycles. The van der Waals surface area contributed by atoms with Gasteiger partial charge in [0.15, 0.2) is 0 Å². The van der Waals surface area contributed by atoms with Crippen molar-refractivity contribution < 1.29 is 25.8 Å². The quantitative estimate of drug-likeness (QED) is 0.214. The Bertz CT molecular complexity index is 1110. The maximum absolute atomic E-state index is 2.74. The first kappa shape index (κ1) is 43.3. The summed E-state index contributed by atoms with van der Waals surface area (Å²) in [4.78, 5) is 0. The van der Waals surface area contributed by atoms with Crippen molar-refractivity contribution in [2.45, 2.75) is 142 Å². The minimum atomic E-state index is 0. The summed E-state index contributed by atoms with van der Waals surface area (Å²) < 4.78 is 0. The number of hydrogen-bond acceptors (Lipinski definition) is 0. The average molecular weight is 792 g/mol. The monoisotopic (exact) mass is 793 g/mol. The van der Waals surface area contributed by atoms with Gasteiger partial charge >= 0.3 is 25.8 Å². The van der Waals surface area contributed by atoms with E-state index in [4.69, 9.17) is 0 Å². The molecule has 0 aliphatic heterocycles. The number of rotatable bonds is 4. The van der Waals surface area contributed by atoms with E-state index in [1.807, 2.05) is 0 Å². The summed E-state index contributed by atoms with van der Waals surface area (Å²) in [6, 6.07) is 19.5. The topological polar surface area (TPSA) is 0 Å². The van der Waals surface area contributed by atoms with Gasteiger partial charge < -0.3 is 29.7 Å². The standard InChI is InChI=1S/C41H60.4CH3.Hf/c1-39(2,3)29-15-9-13-27(25-29)31-17-11-19-35-33(31)21-23-37(35)41(7,8)38-24-22-34-32(18-12-20-36(34)38)28-14-10-16-30(26-28)40(4,5)6;;;;;/h9-10,13-16,25-26,31-38H,11-12,17-24H2,1-8H3;4*1H3;/q;4*-1;+4. The Hall–Kier alpha value is -0.690. The molecular weight excluding hydrogens is 719 g/mol. The molecule has 1 heteroatoms. The predicted molar refractivity (Wildman–Crippen MR) is 202 cm³/mol. The third kappa shape index (κ3) is 8.19. The van der Waals surface area contributed by atoms with Crippen molar-refractivity contribution in [2.24, 2.45) is 40.9 Å². The van der Waals surface area contributed by atoms with E-state index in [0.29, 0.717) is 5.41 Å². The van der Waals surface area contributed by atoms with Gasteiger partial charge in [-0.1, -0.05) is 117 Å². The van der Waals surface area contributed by atoms with Crippen LogP contribution in [0.15, 0.2) is 48.5 Å². The van der Waals surface area contributed by atoms with Crippen molar-refractivity contribution in [3.05, 3.63) is 100 Å². The largest absolute Gasteiger partial charge is 4.00 e. The molecule has 8 unspecified atom stereocenters. The summed E-state index contributed by atoms with van der Waals surface area (Å²) in [6.07, 6.45) is 14.5. The Balaban J connectivity index is 0.00000212. The van der Waals surface area contributed by atoms with E-state index in [9.17, 15) is 0 Å². The molecule has 4 aliphatic rings. The van der Waals surface area contributed by atoms with Crippen LogP contribution in [0.2, 0.25) is 0 Å². The minimum absolute atomic E-state index is 0. The van der Waals surface area contributed by atoms with Crippen LogP contribution in [-0.4, -0.2) is 0 Å². The van der Waals surface area contributed by atoms with Gasteiger partial charge in [0.2, 0.25) is 0 Å². The van der Waals surface area contributed by atoms with Crippen LogP contribution in [0.1, 0.15) is 154 Å². The third-order valence-electron chi connectivity index (χ3n) is 13.2. The third-order valence-corrected chi connectivity index (χ3v) is 13.2. The zero-order valence-corrected chi connectivity index (χ0v) is 35.9. The molecule has 0 nitrogen and oxygen atoms in total. The van der Waals surface area contributed by atoms with Crippen LogP contribution in [0.4, 0.5) is 0 Å². The van der Waals surface area contributed by atoms with Crippen LogP contribution in [-0.2, 0) is 36.7 Å². The molecule has 2 aromatic rings. The molecule has 0 amide bonds. The SMILES string of the molecule is CC(C)(C)c1cccc(C2CCCC3C2CCC3C(C)(C)C2CCC3C(c4cccc(C(C)(C)C)c4)CCCC32)c1.[CH3-].[CH3-].[CH3-].[CH3-].[Hf+4]. The van der Waals surface area contributed by atoms with Gasteiger partial charge in [0.1, 0.15) is 0 Å². The molecule has 4 fully saturated rings. The van der Waals surface area contributed by atoms with Gasteiger partial charge in [-0.3, -0.25) is 0 Å². The summed E-state index contributed by atoms with van der Waals surface area (Å²) >= 11 is 0. The fourth-order valence-corrected chi connectivity index (χ4v) is 11.0. The molecule has 46 heavy (non-hydrogen) atoms. The molecular formula is C45H72Hf. The Labute approximate surface area is 307 Å². The van der Waals surface area contributed by atoms with Gasteiger partial charge in [0, 0.05) is 0 Å². The predicted octanol–water partition coefficient (Wildman–Crippen LogP) is 13.6. The normalized spacial score (nSPS) is 30.6. The fourth-order valence-electron chi connectivity index (χ4n) is 11.0. The first-order chi connectivity index (χ1) is 19.4. The summed E-state index contributed by atoms with van der Waals surface area (Å²) in [7, 11) is 0. The fraction of sp³-hybridized carbons (Fsp3) is 0.644.